The molecule has 0 saturated carbocycles. The van der Waals surface area contributed by atoms with Gasteiger partial charge in [0.05, 0.1) is 16.0 Å². The van der Waals surface area contributed by atoms with E-state index in [4.69, 9.17) is 0 Å². The first-order valence-electron chi connectivity index (χ1n) is 11.2. The van der Waals surface area contributed by atoms with Crippen LogP contribution in [0.5, 0.6) is 0 Å². The van der Waals surface area contributed by atoms with Crippen molar-refractivity contribution in [3.8, 4) is 0 Å². The third-order valence-corrected chi connectivity index (χ3v) is 8.03. The number of nitrogens with zero attached hydrogens (tertiary/aromatic N) is 1. The number of benzene rings is 4. The average molecular weight is 498 g/mol. The summed E-state index contributed by atoms with van der Waals surface area (Å²) in [4.78, 5) is 30.1. The van der Waals surface area contributed by atoms with Crippen molar-refractivity contribution in [2.75, 3.05) is 16.4 Å². The first-order chi connectivity index (χ1) is 17.0. The molecule has 0 spiro atoms. The van der Waals surface area contributed by atoms with Gasteiger partial charge in [0.2, 0.25) is 5.91 Å². The predicted molar refractivity (Wildman–Crippen MR) is 147 cm³/mol. The number of carbonyl (C=O) groups is 2. The Balaban J connectivity index is 1.26. The SMILES string of the molecule is Cc1cccc(NC(=O)CSc2nc3ccc(NC(=O)c4cccc5ccccc45)cc3s2)c1C. The van der Waals surface area contributed by atoms with Crippen LogP contribution in [0.15, 0.2) is 83.2 Å². The second-order valence-electron chi connectivity index (χ2n) is 8.23. The number of anilines is 2. The van der Waals surface area contributed by atoms with E-state index in [1.165, 1.54) is 23.1 Å². The highest BCUT2D eigenvalue weighted by Gasteiger charge is 2.13. The van der Waals surface area contributed by atoms with Crippen LogP contribution < -0.4 is 10.6 Å². The number of aryl methyl sites for hydroxylation is 1. The zero-order valence-electron chi connectivity index (χ0n) is 19.3. The lowest BCUT2D eigenvalue weighted by Gasteiger charge is -2.09. The van der Waals surface area contributed by atoms with Gasteiger partial charge in [0, 0.05) is 16.9 Å². The van der Waals surface area contributed by atoms with E-state index in [0.717, 1.165) is 42.1 Å². The summed E-state index contributed by atoms with van der Waals surface area (Å²) in [5, 5.41) is 7.94. The lowest BCUT2D eigenvalue weighted by molar-refractivity contribution is -0.113. The Morgan fingerprint density at radius 2 is 1.71 bits per heavy atom. The lowest BCUT2D eigenvalue weighted by Crippen LogP contribution is -2.15. The van der Waals surface area contributed by atoms with Gasteiger partial charge in [0.1, 0.15) is 0 Å². The van der Waals surface area contributed by atoms with Gasteiger partial charge in [-0.05, 0) is 66.1 Å². The minimum absolute atomic E-state index is 0.0639. The van der Waals surface area contributed by atoms with Crippen LogP contribution in [0.25, 0.3) is 21.0 Å². The van der Waals surface area contributed by atoms with Crippen molar-refractivity contribution in [2.45, 2.75) is 18.2 Å². The van der Waals surface area contributed by atoms with Crippen LogP contribution in [0.1, 0.15) is 21.5 Å². The Bertz CT molecular complexity index is 1570. The van der Waals surface area contributed by atoms with E-state index in [0.29, 0.717) is 11.3 Å². The van der Waals surface area contributed by atoms with Crippen molar-refractivity contribution in [2.24, 2.45) is 0 Å². The quantitative estimate of drug-likeness (QED) is 0.247. The van der Waals surface area contributed by atoms with Gasteiger partial charge in [-0.3, -0.25) is 9.59 Å². The van der Waals surface area contributed by atoms with Gasteiger partial charge < -0.3 is 10.6 Å². The van der Waals surface area contributed by atoms with E-state index >= 15 is 0 Å². The minimum Gasteiger partial charge on any atom is -0.325 e. The number of nitrogens with one attached hydrogen (secondary N) is 2. The fourth-order valence-electron chi connectivity index (χ4n) is 3.86. The molecule has 1 heterocycles. The molecule has 7 heteroatoms. The maximum atomic E-state index is 13.0. The van der Waals surface area contributed by atoms with E-state index in [-0.39, 0.29) is 17.6 Å². The highest BCUT2D eigenvalue weighted by Crippen LogP contribution is 2.32. The van der Waals surface area contributed by atoms with E-state index in [9.17, 15) is 9.59 Å². The molecular formula is C28H23N3O2S2. The van der Waals surface area contributed by atoms with Gasteiger partial charge in [0.25, 0.3) is 5.91 Å². The maximum absolute atomic E-state index is 13.0. The summed E-state index contributed by atoms with van der Waals surface area (Å²) in [5.41, 5.74) is 5.25. The van der Waals surface area contributed by atoms with Crippen LogP contribution in [0.4, 0.5) is 11.4 Å². The number of carbonyl (C=O) groups excluding carboxylic acids is 2. The number of thioether (sulfide) groups is 1. The number of hydrogen-bond acceptors (Lipinski definition) is 5. The molecule has 0 unspecified atom stereocenters. The van der Waals surface area contributed by atoms with Gasteiger partial charge in [-0.1, -0.05) is 60.3 Å². The molecule has 4 aromatic carbocycles. The maximum Gasteiger partial charge on any atom is 0.256 e. The van der Waals surface area contributed by atoms with Crippen molar-refractivity contribution in [3.05, 3.63) is 95.6 Å². The molecule has 0 aliphatic heterocycles. The summed E-state index contributed by atoms with van der Waals surface area (Å²) in [5.74, 6) is 0.0621. The van der Waals surface area contributed by atoms with Crippen LogP contribution in [-0.4, -0.2) is 22.6 Å². The summed E-state index contributed by atoms with van der Waals surface area (Å²) in [6, 6.07) is 25.1. The van der Waals surface area contributed by atoms with Crippen molar-refractivity contribution in [1.29, 1.82) is 0 Å². The topological polar surface area (TPSA) is 71.1 Å². The van der Waals surface area contributed by atoms with E-state index in [2.05, 4.69) is 15.6 Å². The van der Waals surface area contributed by atoms with Crippen LogP contribution >= 0.6 is 23.1 Å². The van der Waals surface area contributed by atoms with Crippen LogP contribution in [0.3, 0.4) is 0 Å². The zero-order chi connectivity index (χ0) is 24.4. The average Bonchev–Trinajstić information content (AvgIpc) is 3.27. The Morgan fingerprint density at radius 1 is 0.914 bits per heavy atom. The first-order valence-corrected chi connectivity index (χ1v) is 13.0. The van der Waals surface area contributed by atoms with Crippen molar-refractivity contribution < 1.29 is 9.59 Å². The Hall–Kier alpha value is -3.68. The largest absolute Gasteiger partial charge is 0.325 e. The monoisotopic (exact) mass is 497 g/mol. The normalized spacial score (nSPS) is 11.0. The van der Waals surface area contributed by atoms with E-state index < -0.39 is 0 Å². The molecule has 5 nitrogen and oxygen atoms in total. The second-order valence-corrected chi connectivity index (χ2v) is 10.5. The van der Waals surface area contributed by atoms with Crippen molar-refractivity contribution in [3.63, 3.8) is 0 Å². The molecule has 0 aliphatic carbocycles. The van der Waals surface area contributed by atoms with Gasteiger partial charge in [0.15, 0.2) is 4.34 Å². The van der Waals surface area contributed by atoms with Crippen molar-refractivity contribution >= 4 is 67.3 Å². The Morgan fingerprint density at radius 3 is 2.60 bits per heavy atom. The summed E-state index contributed by atoms with van der Waals surface area (Å²) < 4.78 is 1.77. The molecule has 1 aromatic heterocycles. The smallest absolute Gasteiger partial charge is 0.256 e. The fraction of sp³-hybridized carbons (Fsp3) is 0.107. The molecule has 0 bridgehead atoms. The molecule has 0 radical (unpaired) electrons. The number of amides is 2. The molecule has 35 heavy (non-hydrogen) atoms. The fourth-order valence-corrected chi connectivity index (χ4v) is 5.77. The lowest BCUT2D eigenvalue weighted by atomic mass is 10.0. The molecular weight excluding hydrogens is 474 g/mol. The Kier molecular flexibility index (Phi) is 6.53. The van der Waals surface area contributed by atoms with Gasteiger partial charge in [-0.25, -0.2) is 4.98 Å². The summed E-state index contributed by atoms with van der Waals surface area (Å²) in [6.45, 7) is 4.03. The number of hydrogen-bond donors (Lipinski definition) is 2. The number of fused-ring (bicyclic) bond motifs is 2. The number of aromatic nitrogens is 1. The van der Waals surface area contributed by atoms with E-state index in [1.807, 2.05) is 92.7 Å². The summed E-state index contributed by atoms with van der Waals surface area (Å²) >= 11 is 2.92. The number of thiazole rings is 1. The number of rotatable bonds is 6. The first kappa shape index (κ1) is 23.1. The molecule has 0 aliphatic rings. The highest BCUT2D eigenvalue weighted by atomic mass is 32.2. The molecule has 0 saturated heterocycles. The Labute approximate surface area is 211 Å². The predicted octanol–water partition coefficient (Wildman–Crippen LogP) is 7.05. The molecule has 0 atom stereocenters. The molecule has 174 valence electrons. The van der Waals surface area contributed by atoms with Crippen molar-refractivity contribution in [1.82, 2.24) is 4.98 Å². The molecule has 0 fully saturated rings. The van der Waals surface area contributed by atoms with Crippen LogP contribution in [0.2, 0.25) is 0 Å². The molecule has 5 rings (SSSR count). The third kappa shape index (κ3) is 5.06. The van der Waals surface area contributed by atoms with Gasteiger partial charge in [-0.15, -0.1) is 11.3 Å². The molecule has 2 N–H and O–H groups in total. The minimum atomic E-state index is -0.150. The van der Waals surface area contributed by atoms with Crippen LogP contribution in [0, 0.1) is 13.8 Å². The highest BCUT2D eigenvalue weighted by molar-refractivity contribution is 8.01. The van der Waals surface area contributed by atoms with Gasteiger partial charge >= 0.3 is 0 Å². The van der Waals surface area contributed by atoms with E-state index in [1.54, 1.807) is 0 Å². The summed E-state index contributed by atoms with van der Waals surface area (Å²) in [6.07, 6.45) is 0. The summed E-state index contributed by atoms with van der Waals surface area (Å²) in [7, 11) is 0. The van der Waals surface area contributed by atoms with Gasteiger partial charge in [-0.2, -0.15) is 0 Å². The molecule has 5 aromatic rings. The second kappa shape index (κ2) is 9.90. The zero-order valence-corrected chi connectivity index (χ0v) is 20.9. The standard InChI is InChI=1S/C28H23N3O2S2/c1-17-7-5-12-23(18(17)2)30-26(32)16-34-28-31-24-14-13-20(15-25(24)35-28)29-27(33)22-11-6-9-19-8-3-4-10-21(19)22/h3-15H,16H2,1-2H3,(H,29,33)(H,30,32). The van der Waals surface area contributed by atoms with Crippen LogP contribution in [-0.2, 0) is 4.79 Å². The third-order valence-electron chi connectivity index (χ3n) is 5.87. The molecule has 2 amide bonds.